The van der Waals surface area contributed by atoms with Crippen LogP contribution in [0.1, 0.15) is 22.3 Å². The van der Waals surface area contributed by atoms with E-state index in [0.717, 1.165) is 11.3 Å². The molecule has 5 nitrogen and oxygen atoms in total. The van der Waals surface area contributed by atoms with Crippen LogP contribution in [0, 0.1) is 0 Å². The van der Waals surface area contributed by atoms with Crippen LogP contribution in [-0.4, -0.2) is 26.0 Å². The van der Waals surface area contributed by atoms with Crippen molar-refractivity contribution >= 4 is 34.8 Å². The zero-order valence-electron chi connectivity index (χ0n) is 13.4. The molecule has 2 aromatic carbocycles. The lowest BCUT2D eigenvalue weighted by molar-refractivity contribution is -0.118. The predicted molar refractivity (Wildman–Crippen MR) is 94.1 cm³/mol. The van der Waals surface area contributed by atoms with E-state index < -0.39 is 0 Å². The van der Waals surface area contributed by atoms with Gasteiger partial charge in [-0.05, 0) is 48.4 Å². The van der Waals surface area contributed by atoms with Crippen molar-refractivity contribution in [2.24, 2.45) is 0 Å². The number of anilines is 2. The summed E-state index contributed by atoms with van der Waals surface area (Å²) in [4.78, 5) is 25.9. The van der Waals surface area contributed by atoms with E-state index in [9.17, 15) is 9.59 Å². The van der Waals surface area contributed by atoms with E-state index in [0.29, 0.717) is 34.9 Å². The molecular weight excluding hydrogens is 328 g/mol. The number of fused-ring (bicyclic) bond motifs is 1. The van der Waals surface area contributed by atoms with E-state index in [1.807, 2.05) is 12.1 Å². The molecule has 0 aromatic heterocycles. The summed E-state index contributed by atoms with van der Waals surface area (Å²) < 4.78 is 5.21. The van der Waals surface area contributed by atoms with Gasteiger partial charge in [0, 0.05) is 29.9 Å². The maximum absolute atomic E-state index is 12.5. The van der Waals surface area contributed by atoms with Gasteiger partial charge >= 0.3 is 0 Å². The molecule has 0 fully saturated rings. The third kappa shape index (κ3) is 3.08. The third-order valence-electron chi connectivity index (χ3n) is 4.09. The Labute approximate surface area is 145 Å². The number of carbonyl (C=O) groups is 2. The molecule has 3 rings (SSSR count). The van der Waals surface area contributed by atoms with E-state index in [1.165, 1.54) is 7.11 Å². The number of rotatable bonds is 3. The second kappa shape index (κ2) is 6.53. The molecule has 2 aromatic rings. The van der Waals surface area contributed by atoms with Crippen molar-refractivity contribution in [2.45, 2.75) is 12.8 Å². The van der Waals surface area contributed by atoms with Gasteiger partial charge in [-0.15, -0.1) is 0 Å². The molecule has 0 saturated heterocycles. The minimum atomic E-state index is -0.274. The van der Waals surface area contributed by atoms with Crippen LogP contribution in [-0.2, 0) is 11.2 Å². The Balaban J connectivity index is 1.84. The first-order chi connectivity index (χ1) is 11.5. The van der Waals surface area contributed by atoms with Crippen LogP contribution in [0.2, 0.25) is 5.02 Å². The highest BCUT2D eigenvalue weighted by Gasteiger charge is 2.21. The summed E-state index contributed by atoms with van der Waals surface area (Å²) in [6.07, 6.45) is 1.15. The average Bonchev–Trinajstić information content (AvgIpc) is 2.58. The van der Waals surface area contributed by atoms with E-state index >= 15 is 0 Å². The van der Waals surface area contributed by atoms with E-state index in [-0.39, 0.29) is 11.8 Å². The third-order valence-corrected chi connectivity index (χ3v) is 4.32. The topological polar surface area (TPSA) is 58.6 Å². The van der Waals surface area contributed by atoms with E-state index in [2.05, 4.69) is 5.32 Å². The fourth-order valence-electron chi connectivity index (χ4n) is 2.79. The first kappa shape index (κ1) is 16.3. The normalized spacial score (nSPS) is 13.5. The number of halogens is 1. The highest BCUT2D eigenvalue weighted by atomic mass is 35.5. The molecular formula is C18H17ClN2O3. The van der Waals surface area contributed by atoms with Crippen molar-refractivity contribution < 1.29 is 14.3 Å². The van der Waals surface area contributed by atoms with Gasteiger partial charge in [0.2, 0.25) is 5.91 Å². The average molecular weight is 345 g/mol. The van der Waals surface area contributed by atoms with Crippen LogP contribution >= 0.6 is 11.6 Å². The number of nitrogens with one attached hydrogen (secondary N) is 1. The highest BCUT2D eigenvalue weighted by Crippen LogP contribution is 2.30. The molecule has 24 heavy (non-hydrogen) atoms. The molecule has 6 heteroatoms. The van der Waals surface area contributed by atoms with Crippen LogP contribution < -0.4 is 15.0 Å². The molecule has 1 N–H and O–H groups in total. The second-order valence-electron chi connectivity index (χ2n) is 5.59. The predicted octanol–water partition coefficient (Wildman–Crippen LogP) is 3.51. The van der Waals surface area contributed by atoms with E-state index in [4.69, 9.17) is 16.3 Å². The number of aryl methyl sites for hydroxylation is 1. The van der Waals surface area contributed by atoms with Crippen LogP contribution in [0.3, 0.4) is 0 Å². The fraction of sp³-hybridized carbons (Fsp3) is 0.222. The lowest BCUT2D eigenvalue weighted by Crippen LogP contribution is -2.31. The SMILES string of the molecule is COc1cc(Cl)ccc1C(=O)Nc1ccc2c(c1)CCC(=O)N2C. The summed E-state index contributed by atoms with van der Waals surface area (Å²) >= 11 is 5.92. The van der Waals surface area contributed by atoms with Gasteiger partial charge in [-0.25, -0.2) is 0 Å². The standard InChI is InChI=1S/C18H17ClN2O3/c1-21-15-7-5-13(9-11(15)3-8-17(21)22)20-18(23)14-6-4-12(19)10-16(14)24-2/h4-7,9-10H,3,8H2,1-2H3,(H,20,23). The van der Waals surface area contributed by atoms with Crippen LogP contribution in [0.5, 0.6) is 5.75 Å². The van der Waals surface area contributed by atoms with Crippen molar-refractivity contribution in [3.8, 4) is 5.75 Å². The minimum absolute atomic E-state index is 0.102. The molecule has 0 radical (unpaired) electrons. The summed E-state index contributed by atoms with van der Waals surface area (Å²) in [5.74, 6) is 0.247. The molecule has 1 aliphatic heterocycles. The summed E-state index contributed by atoms with van der Waals surface area (Å²) in [6, 6.07) is 10.4. The highest BCUT2D eigenvalue weighted by molar-refractivity contribution is 6.31. The smallest absolute Gasteiger partial charge is 0.259 e. The largest absolute Gasteiger partial charge is 0.496 e. The lowest BCUT2D eigenvalue weighted by Gasteiger charge is -2.26. The fourth-order valence-corrected chi connectivity index (χ4v) is 2.95. The molecule has 0 bridgehead atoms. The molecule has 0 unspecified atom stereocenters. The summed E-state index contributed by atoms with van der Waals surface area (Å²) in [7, 11) is 3.26. The molecule has 2 amide bonds. The van der Waals surface area contributed by atoms with Crippen LogP contribution in [0.4, 0.5) is 11.4 Å². The molecule has 124 valence electrons. The van der Waals surface area contributed by atoms with Crippen molar-refractivity contribution in [1.29, 1.82) is 0 Å². The van der Waals surface area contributed by atoms with Gasteiger partial charge in [-0.2, -0.15) is 0 Å². The molecule has 0 saturated carbocycles. The lowest BCUT2D eigenvalue weighted by atomic mass is 10.0. The van der Waals surface area contributed by atoms with Crippen LogP contribution in [0.15, 0.2) is 36.4 Å². The van der Waals surface area contributed by atoms with E-state index in [1.54, 1.807) is 36.2 Å². The first-order valence-corrected chi connectivity index (χ1v) is 7.92. The van der Waals surface area contributed by atoms with Gasteiger partial charge in [-0.3, -0.25) is 9.59 Å². The number of methoxy groups -OCH3 is 1. The number of benzene rings is 2. The van der Waals surface area contributed by atoms with Gasteiger partial charge in [0.1, 0.15) is 5.75 Å². The number of carbonyl (C=O) groups excluding carboxylic acids is 2. The molecule has 1 heterocycles. The number of hydrogen-bond acceptors (Lipinski definition) is 3. The van der Waals surface area contributed by atoms with Crippen molar-refractivity contribution in [3.63, 3.8) is 0 Å². The maximum Gasteiger partial charge on any atom is 0.259 e. The Hall–Kier alpha value is -2.53. The first-order valence-electron chi connectivity index (χ1n) is 7.54. The Morgan fingerprint density at radius 3 is 2.75 bits per heavy atom. The summed E-state index contributed by atoms with van der Waals surface area (Å²) in [5.41, 5.74) is 3.01. The van der Waals surface area contributed by atoms with Gasteiger partial charge < -0.3 is 15.0 Å². The second-order valence-corrected chi connectivity index (χ2v) is 6.03. The minimum Gasteiger partial charge on any atom is -0.496 e. The van der Waals surface area contributed by atoms with Crippen molar-refractivity contribution in [2.75, 3.05) is 24.4 Å². The number of nitrogens with zero attached hydrogens (tertiary/aromatic N) is 1. The number of ether oxygens (including phenoxy) is 1. The van der Waals surface area contributed by atoms with Crippen LogP contribution in [0.25, 0.3) is 0 Å². The zero-order chi connectivity index (χ0) is 17.3. The quantitative estimate of drug-likeness (QED) is 0.927. The van der Waals surface area contributed by atoms with Crippen molar-refractivity contribution in [1.82, 2.24) is 0 Å². The molecule has 0 aliphatic carbocycles. The van der Waals surface area contributed by atoms with Gasteiger partial charge in [0.15, 0.2) is 0 Å². The zero-order valence-corrected chi connectivity index (χ0v) is 14.2. The molecule has 0 spiro atoms. The maximum atomic E-state index is 12.5. The number of amides is 2. The molecule has 1 aliphatic rings. The van der Waals surface area contributed by atoms with Gasteiger partial charge in [-0.1, -0.05) is 11.6 Å². The summed E-state index contributed by atoms with van der Waals surface area (Å²) in [5, 5.41) is 3.37. The Kier molecular flexibility index (Phi) is 4.44. The summed E-state index contributed by atoms with van der Waals surface area (Å²) in [6.45, 7) is 0. The molecule has 0 atom stereocenters. The van der Waals surface area contributed by atoms with Gasteiger partial charge in [0.25, 0.3) is 5.91 Å². The Morgan fingerprint density at radius 1 is 1.21 bits per heavy atom. The Morgan fingerprint density at radius 2 is 2.00 bits per heavy atom. The van der Waals surface area contributed by atoms with Gasteiger partial charge in [0.05, 0.1) is 12.7 Å². The monoisotopic (exact) mass is 344 g/mol. The Bertz CT molecular complexity index is 820. The van der Waals surface area contributed by atoms with Crippen molar-refractivity contribution in [3.05, 3.63) is 52.5 Å². The number of hydrogen-bond donors (Lipinski definition) is 1.